The van der Waals surface area contributed by atoms with Crippen LogP contribution in [0.1, 0.15) is 49.2 Å². The van der Waals surface area contributed by atoms with E-state index in [1.165, 1.54) is 29.7 Å². The van der Waals surface area contributed by atoms with Crippen molar-refractivity contribution in [3.05, 3.63) is 28.1 Å². The number of rotatable bonds is 4. The van der Waals surface area contributed by atoms with Crippen LogP contribution in [0.3, 0.4) is 0 Å². The summed E-state index contributed by atoms with van der Waals surface area (Å²) in [5.41, 5.74) is 8.00. The molecule has 1 aromatic heterocycles. The molecular formula is C18H26N4O2. The predicted molar refractivity (Wildman–Crippen MR) is 94.6 cm³/mol. The SMILES string of the molecule is CC(C)OC1=NNC(=O)/C1=C/c1[nH]c2c(c1CN(C)C)CCCC2. The number of nitrogens with one attached hydrogen (secondary N) is 2. The standard InChI is InChI=1S/C18H26N4O2/c1-11(2)24-18-13(17(23)20-21-18)9-16-14(10-22(3)4)12-7-5-6-8-15(12)19-16/h9,11,19H,5-8,10H2,1-4H3,(H,20,23)/b13-9-. The summed E-state index contributed by atoms with van der Waals surface area (Å²) in [5.74, 6) is 0.160. The van der Waals surface area contributed by atoms with Gasteiger partial charge in [-0.3, -0.25) is 4.79 Å². The topological polar surface area (TPSA) is 69.7 Å². The number of carbonyl (C=O) groups excluding carboxylic acids is 1. The Morgan fingerprint density at radius 3 is 2.75 bits per heavy atom. The first-order chi connectivity index (χ1) is 11.5. The van der Waals surface area contributed by atoms with Crippen molar-refractivity contribution in [3.63, 3.8) is 0 Å². The largest absolute Gasteiger partial charge is 0.473 e. The minimum Gasteiger partial charge on any atom is -0.473 e. The number of hydrazone groups is 1. The molecule has 1 amide bonds. The first-order valence-electron chi connectivity index (χ1n) is 8.59. The summed E-state index contributed by atoms with van der Waals surface area (Å²) in [6.07, 6.45) is 6.49. The highest BCUT2D eigenvalue weighted by Gasteiger charge is 2.27. The molecule has 24 heavy (non-hydrogen) atoms. The van der Waals surface area contributed by atoms with Crippen LogP contribution in [0.25, 0.3) is 6.08 Å². The molecule has 0 saturated carbocycles. The Labute approximate surface area is 142 Å². The molecule has 2 aliphatic rings. The summed E-state index contributed by atoms with van der Waals surface area (Å²) >= 11 is 0. The van der Waals surface area contributed by atoms with Gasteiger partial charge in [0.2, 0.25) is 5.90 Å². The highest BCUT2D eigenvalue weighted by atomic mass is 16.5. The van der Waals surface area contributed by atoms with E-state index in [4.69, 9.17) is 4.74 Å². The van der Waals surface area contributed by atoms with Gasteiger partial charge in [0.15, 0.2) is 0 Å². The molecule has 0 fully saturated rings. The Kier molecular flexibility index (Phi) is 4.76. The van der Waals surface area contributed by atoms with Crippen molar-refractivity contribution in [2.75, 3.05) is 14.1 Å². The number of H-pyrrole nitrogens is 1. The molecule has 0 radical (unpaired) electrons. The van der Waals surface area contributed by atoms with Crippen LogP contribution in [0.15, 0.2) is 10.7 Å². The van der Waals surface area contributed by atoms with Crippen LogP contribution in [-0.2, 0) is 28.9 Å². The van der Waals surface area contributed by atoms with E-state index in [1.54, 1.807) is 0 Å². The Balaban J connectivity index is 2.00. The molecule has 0 unspecified atom stereocenters. The number of carbonyl (C=O) groups is 1. The molecule has 6 heteroatoms. The fourth-order valence-corrected chi connectivity index (χ4v) is 3.30. The number of ether oxygens (including phenoxy) is 1. The minimum atomic E-state index is -0.214. The van der Waals surface area contributed by atoms with Crippen LogP contribution in [-0.4, -0.2) is 41.9 Å². The monoisotopic (exact) mass is 330 g/mol. The molecule has 1 aliphatic carbocycles. The van der Waals surface area contributed by atoms with Gasteiger partial charge in [-0.1, -0.05) is 0 Å². The second kappa shape index (κ2) is 6.81. The van der Waals surface area contributed by atoms with E-state index < -0.39 is 0 Å². The van der Waals surface area contributed by atoms with Crippen molar-refractivity contribution in [2.45, 2.75) is 52.2 Å². The van der Waals surface area contributed by atoms with E-state index in [1.807, 2.05) is 19.9 Å². The first-order valence-corrected chi connectivity index (χ1v) is 8.59. The maximum absolute atomic E-state index is 12.1. The van der Waals surface area contributed by atoms with E-state index in [0.717, 1.165) is 25.1 Å². The lowest BCUT2D eigenvalue weighted by Gasteiger charge is -2.15. The third-order valence-corrected chi connectivity index (χ3v) is 4.29. The zero-order chi connectivity index (χ0) is 17.3. The van der Waals surface area contributed by atoms with Crippen molar-refractivity contribution in [1.82, 2.24) is 15.3 Å². The molecule has 0 saturated heterocycles. The van der Waals surface area contributed by atoms with Gasteiger partial charge in [0, 0.05) is 17.9 Å². The quantitative estimate of drug-likeness (QED) is 0.832. The number of nitrogens with zero attached hydrogens (tertiary/aromatic N) is 2. The number of fused-ring (bicyclic) bond motifs is 1. The zero-order valence-corrected chi connectivity index (χ0v) is 14.9. The van der Waals surface area contributed by atoms with Gasteiger partial charge in [0.1, 0.15) is 5.57 Å². The van der Waals surface area contributed by atoms with Crippen molar-refractivity contribution < 1.29 is 9.53 Å². The van der Waals surface area contributed by atoms with Crippen LogP contribution in [0.5, 0.6) is 0 Å². The number of hydrogen-bond donors (Lipinski definition) is 2. The van der Waals surface area contributed by atoms with Gasteiger partial charge in [0.25, 0.3) is 5.91 Å². The molecule has 3 rings (SSSR count). The first kappa shape index (κ1) is 16.8. The van der Waals surface area contributed by atoms with Gasteiger partial charge >= 0.3 is 0 Å². The van der Waals surface area contributed by atoms with Gasteiger partial charge in [0.05, 0.1) is 6.10 Å². The van der Waals surface area contributed by atoms with E-state index in [-0.39, 0.29) is 12.0 Å². The third-order valence-electron chi connectivity index (χ3n) is 4.29. The lowest BCUT2D eigenvalue weighted by molar-refractivity contribution is -0.116. The highest BCUT2D eigenvalue weighted by molar-refractivity contribution is 6.24. The molecule has 2 heterocycles. The van der Waals surface area contributed by atoms with Crippen molar-refractivity contribution >= 4 is 17.9 Å². The van der Waals surface area contributed by atoms with E-state index >= 15 is 0 Å². The van der Waals surface area contributed by atoms with E-state index in [0.29, 0.717) is 11.5 Å². The van der Waals surface area contributed by atoms with Gasteiger partial charge < -0.3 is 14.6 Å². The summed E-state index contributed by atoms with van der Waals surface area (Å²) < 4.78 is 5.66. The summed E-state index contributed by atoms with van der Waals surface area (Å²) in [5, 5.41) is 4.01. The van der Waals surface area contributed by atoms with Crippen molar-refractivity contribution in [3.8, 4) is 0 Å². The zero-order valence-electron chi connectivity index (χ0n) is 14.9. The van der Waals surface area contributed by atoms with Gasteiger partial charge in [-0.2, -0.15) is 0 Å². The van der Waals surface area contributed by atoms with Gasteiger partial charge in [-0.05, 0) is 70.8 Å². The molecule has 130 valence electrons. The van der Waals surface area contributed by atoms with Crippen LogP contribution in [0.4, 0.5) is 0 Å². The number of aromatic nitrogens is 1. The lowest BCUT2D eigenvalue weighted by Crippen LogP contribution is -2.17. The Bertz CT molecular complexity index is 698. The van der Waals surface area contributed by atoms with Crippen LogP contribution >= 0.6 is 0 Å². The normalized spacial score (nSPS) is 19.0. The Morgan fingerprint density at radius 2 is 2.04 bits per heavy atom. The average Bonchev–Trinajstić information content (AvgIpc) is 3.02. The van der Waals surface area contributed by atoms with Crippen LogP contribution in [0.2, 0.25) is 0 Å². The number of aromatic amines is 1. The van der Waals surface area contributed by atoms with E-state index in [2.05, 4.69) is 34.5 Å². The molecule has 0 spiro atoms. The molecule has 6 nitrogen and oxygen atoms in total. The molecule has 1 aliphatic heterocycles. The molecule has 0 bridgehead atoms. The van der Waals surface area contributed by atoms with Crippen molar-refractivity contribution in [2.24, 2.45) is 5.10 Å². The number of amides is 1. The highest BCUT2D eigenvalue weighted by Crippen LogP contribution is 2.29. The van der Waals surface area contributed by atoms with Gasteiger partial charge in [-0.25, -0.2) is 5.43 Å². The average molecular weight is 330 g/mol. The Morgan fingerprint density at radius 1 is 1.29 bits per heavy atom. The fourth-order valence-electron chi connectivity index (χ4n) is 3.30. The third kappa shape index (κ3) is 3.38. The molecular weight excluding hydrogens is 304 g/mol. The molecule has 0 aromatic carbocycles. The predicted octanol–water partition coefficient (Wildman–Crippen LogP) is 2.21. The number of hydrogen-bond acceptors (Lipinski definition) is 4. The maximum atomic E-state index is 12.1. The summed E-state index contributed by atoms with van der Waals surface area (Å²) in [7, 11) is 4.13. The second-order valence-electron chi connectivity index (χ2n) is 7.00. The number of aryl methyl sites for hydroxylation is 1. The fraction of sp³-hybridized carbons (Fsp3) is 0.556. The smallest absolute Gasteiger partial charge is 0.277 e. The summed E-state index contributed by atoms with van der Waals surface area (Å²) in [4.78, 5) is 17.8. The molecule has 1 aromatic rings. The van der Waals surface area contributed by atoms with Crippen LogP contribution < -0.4 is 5.43 Å². The maximum Gasteiger partial charge on any atom is 0.277 e. The summed E-state index contributed by atoms with van der Waals surface area (Å²) in [6.45, 7) is 4.70. The molecule has 0 atom stereocenters. The lowest BCUT2D eigenvalue weighted by atomic mass is 9.94. The minimum absolute atomic E-state index is 0.0297. The van der Waals surface area contributed by atoms with Crippen molar-refractivity contribution in [1.29, 1.82) is 0 Å². The van der Waals surface area contributed by atoms with E-state index in [9.17, 15) is 4.79 Å². The Hall–Kier alpha value is -2.08. The van der Waals surface area contributed by atoms with Gasteiger partial charge in [-0.15, -0.1) is 5.10 Å². The summed E-state index contributed by atoms with van der Waals surface area (Å²) in [6, 6.07) is 0. The van der Waals surface area contributed by atoms with Crippen LogP contribution in [0, 0.1) is 0 Å². The molecule has 2 N–H and O–H groups in total. The second-order valence-corrected chi connectivity index (χ2v) is 7.00.